The lowest BCUT2D eigenvalue weighted by Gasteiger charge is -2.34. The average Bonchev–Trinajstić information content (AvgIpc) is 2.93. The summed E-state index contributed by atoms with van der Waals surface area (Å²) in [4.78, 5) is 29.0. The SMILES string of the molecule is Cc1ccc(CN(C(=O)CN(c2cc(C(F)(F)F)ccc2Cl)S(C)(=O)=O)C(Cc2ccccc2)C(=O)NCC(C)C)cc1. The number of sulfonamides is 1. The first-order valence-electron chi connectivity index (χ1n) is 13.6. The molecule has 1 unspecified atom stereocenters. The van der Waals surface area contributed by atoms with E-state index in [9.17, 15) is 31.2 Å². The summed E-state index contributed by atoms with van der Waals surface area (Å²) in [5.41, 5.74) is 0.789. The van der Waals surface area contributed by atoms with Gasteiger partial charge in [-0.3, -0.25) is 13.9 Å². The number of nitrogens with zero attached hydrogens (tertiary/aromatic N) is 2. The van der Waals surface area contributed by atoms with E-state index in [1.807, 2.05) is 51.1 Å². The third-order valence-electron chi connectivity index (χ3n) is 6.65. The Hall–Kier alpha value is -3.57. The molecule has 0 aliphatic rings. The Labute approximate surface area is 255 Å². The molecule has 7 nitrogen and oxygen atoms in total. The second-order valence-corrected chi connectivity index (χ2v) is 13.1. The molecular weight excluding hydrogens is 603 g/mol. The molecule has 3 rings (SSSR count). The Kier molecular flexibility index (Phi) is 11.3. The number of alkyl halides is 3. The number of benzene rings is 3. The summed E-state index contributed by atoms with van der Waals surface area (Å²) in [5, 5.41) is 2.58. The van der Waals surface area contributed by atoms with Gasteiger partial charge in [0.15, 0.2) is 0 Å². The van der Waals surface area contributed by atoms with Crippen LogP contribution in [0.15, 0.2) is 72.8 Å². The van der Waals surface area contributed by atoms with Crippen LogP contribution in [0.4, 0.5) is 18.9 Å². The topological polar surface area (TPSA) is 86.8 Å². The molecule has 43 heavy (non-hydrogen) atoms. The molecule has 1 atom stereocenters. The molecule has 0 bridgehead atoms. The zero-order valence-electron chi connectivity index (χ0n) is 24.4. The first kappa shape index (κ1) is 33.9. The van der Waals surface area contributed by atoms with Gasteiger partial charge in [0.25, 0.3) is 0 Å². The van der Waals surface area contributed by atoms with Crippen molar-refractivity contribution in [3.63, 3.8) is 0 Å². The molecule has 0 saturated heterocycles. The quantitative estimate of drug-likeness (QED) is 0.270. The monoisotopic (exact) mass is 637 g/mol. The minimum atomic E-state index is -4.78. The van der Waals surface area contributed by atoms with Crippen LogP contribution in [0.5, 0.6) is 0 Å². The normalized spacial score (nSPS) is 12.6. The standard InChI is InChI=1S/C31H35ClF3N3O4S/c1-21(2)18-36-30(40)28(16-23-8-6-5-7-9-23)37(19-24-12-10-22(3)11-13-24)29(39)20-38(43(4,41)42)27-17-25(31(33,34)35)14-15-26(27)32/h5-15,17,21,28H,16,18-20H2,1-4H3,(H,36,40). The van der Waals surface area contributed by atoms with Gasteiger partial charge in [0.1, 0.15) is 12.6 Å². The van der Waals surface area contributed by atoms with Crippen molar-refractivity contribution in [2.45, 2.75) is 46.0 Å². The van der Waals surface area contributed by atoms with Crippen LogP contribution in [-0.2, 0) is 38.8 Å². The number of aryl methyl sites for hydroxylation is 1. The number of anilines is 1. The third kappa shape index (κ3) is 9.72. The first-order chi connectivity index (χ1) is 20.1. The second kappa shape index (κ2) is 14.3. The predicted octanol–water partition coefficient (Wildman–Crippen LogP) is 5.85. The van der Waals surface area contributed by atoms with E-state index >= 15 is 0 Å². The summed E-state index contributed by atoms with van der Waals surface area (Å²) >= 11 is 6.18. The Balaban J connectivity index is 2.10. The number of rotatable bonds is 12. The van der Waals surface area contributed by atoms with Crippen LogP contribution < -0.4 is 9.62 Å². The molecule has 3 aromatic rings. The summed E-state index contributed by atoms with van der Waals surface area (Å²) in [6.45, 7) is 5.14. The van der Waals surface area contributed by atoms with Gasteiger partial charge in [0.2, 0.25) is 21.8 Å². The molecule has 1 N–H and O–H groups in total. The van der Waals surface area contributed by atoms with Crippen LogP contribution in [-0.4, -0.2) is 50.5 Å². The third-order valence-corrected chi connectivity index (χ3v) is 8.10. The van der Waals surface area contributed by atoms with Gasteiger partial charge in [-0.1, -0.05) is 85.6 Å². The van der Waals surface area contributed by atoms with Gasteiger partial charge >= 0.3 is 6.18 Å². The van der Waals surface area contributed by atoms with Crippen LogP contribution in [0.25, 0.3) is 0 Å². The van der Waals surface area contributed by atoms with E-state index < -0.39 is 51.9 Å². The lowest BCUT2D eigenvalue weighted by Crippen LogP contribution is -2.53. The molecule has 0 spiro atoms. The minimum absolute atomic E-state index is 0.0559. The predicted molar refractivity (Wildman–Crippen MR) is 162 cm³/mol. The molecule has 3 aromatic carbocycles. The van der Waals surface area contributed by atoms with E-state index in [0.717, 1.165) is 29.5 Å². The Morgan fingerprint density at radius 3 is 2.14 bits per heavy atom. The highest BCUT2D eigenvalue weighted by molar-refractivity contribution is 7.92. The Morgan fingerprint density at radius 2 is 1.58 bits per heavy atom. The van der Waals surface area contributed by atoms with Crippen LogP contribution in [0.2, 0.25) is 5.02 Å². The number of hydrogen-bond donors (Lipinski definition) is 1. The van der Waals surface area contributed by atoms with E-state index in [0.29, 0.717) is 22.5 Å². The summed E-state index contributed by atoms with van der Waals surface area (Å²) in [7, 11) is -4.30. The van der Waals surface area contributed by atoms with Crippen molar-refractivity contribution in [2.75, 3.05) is 23.7 Å². The minimum Gasteiger partial charge on any atom is -0.354 e. The highest BCUT2D eigenvalue weighted by atomic mass is 35.5. The van der Waals surface area contributed by atoms with Crippen molar-refractivity contribution < 1.29 is 31.2 Å². The molecule has 0 aromatic heterocycles. The molecule has 0 aliphatic carbocycles. The van der Waals surface area contributed by atoms with Crippen LogP contribution >= 0.6 is 11.6 Å². The maximum atomic E-state index is 14.1. The molecule has 0 saturated carbocycles. The van der Waals surface area contributed by atoms with Crippen molar-refractivity contribution in [1.29, 1.82) is 0 Å². The molecule has 0 radical (unpaired) electrons. The van der Waals surface area contributed by atoms with Gasteiger partial charge < -0.3 is 10.2 Å². The number of halogens is 4. The highest BCUT2D eigenvalue weighted by Crippen LogP contribution is 2.36. The van der Waals surface area contributed by atoms with Crippen molar-refractivity contribution in [2.24, 2.45) is 5.92 Å². The zero-order chi connectivity index (χ0) is 31.9. The number of nitrogens with one attached hydrogen (secondary N) is 1. The first-order valence-corrected chi connectivity index (χ1v) is 15.8. The molecule has 0 fully saturated rings. The van der Waals surface area contributed by atoms with E-state index in [-0.39, 0.29) is 23.9 Å². The van der Waals surface area contributed by atoms with Gasteiger partial charge in [0.05, 0.1) is 22.5 Å². The van der Waals surface area contributed by atoms with Crippen LogP contribution in [0.1, 0.15) is 36.1 Å². The number of carbonyl (C=O) groups excluding carboxylic acids is 2. The number of amides is 2. The van der Waals surface area contributed by atoms with Crippen LogP contribution in [0, 0.1) is 12.8 Å². The van der Waals surface area contributed by atoms with E-state index in [1.165, 1.54) is 4.90 Å². The summed E-state index contributed by atoms with van der Waals surface area (Å²) in [5.74, 6) is -1.12. The Morgan fingerprint density at radius 1 is 0.953 bits per heavy atom. The molecule has 2 amide bonds. The highest BCUT2D eigenvalue weighted by Gasteiger charge is 2.36. The van der Waals surface area contributed by atoms with Gasteiger partial charge in [-0.05, 0) is 42.2 Å². The summed E-state index contributed by atoms with van der Waals surface area (Å²) in [6.07, 6.45) is -3.89. The Bertz CT molecular complexity index is 1520. The molecule has 0 aliphatic heterocycles. The summed E-state index contributed by atoms with van der Waals surface area (Å²) in [6, 6.07) is 17.5. The van der Waals surface area contributed by atoms with Crippen molar-refractivity contribution in [3.8, 4) is 0 Å². The van der Waals surface area contributed by atoms with Crippen molar-refractivity contribution in [1.82, 2.24) is 10.2 Å². The van der Waals surface area contributed by atoms with E-state index in [2.05, 4.69) is 5.32 Å². The maximum Gasteiger partial charge on any atom is 0.416 e. The smallest absolute Gasteiger partial charge is 0.354 e. The zero-order valence-corrected chi connectivity index (χ0v) is 25.9. The summed E-state index contributed by atoms with van der Waals surface area (Å²) < 4.78 is 66.9. The fraction of sp³-hybridized carbons (Fsp3) is 0.355. The van der Waals surface area contributed by atoms with Gasteiger partial charge in [-0.15, -0.1) is 0 Å². The molecule has 12 heteroatoms. The number of hydrogen-bond acceptors (Lipinski definition) is 4. The van der Waals surface area contributed by atoms with E-state index in [1.54, 1.807) is 24.3 Å². The lowest BCUT2D eigenvalue weighted by molar-refractivity contribution is -0.140. The maximum absolute atomic E-state index is 14.1. The fourth-order valence-electron chi connectivity index (χ4n) is 4.34. The number of carbonyl (C=O) groups is 2. The van der Waals surface area contributed by atoms with Gasteiger partial charge in [-0.25, -0.2) is 8.42 Å². The van der Waals surface area contributed by atoms with Gasteiger partial charge in [0, 0.05) is 19.5 Å². The van der Waals surface area contributed by atoms with Crippen molar-refractivity contribution >= 4 is 39.1 Å². The molecule has 0 heterocycles. The molecule has 232 valence electrons. The van der Waals surface area contributed by atoms with Gasteiger partial charge in [-0.2, -0.15) is 13.2 Å². The van der Waals surface area contributed by atoms with E-state index in [4.69, 9.17) is 11.6 Å². The molecular formula is C31H35ClF3N3O4S. The van der Waals surface area contributed by atoms with Crippen LogP contribution in [0.3, 0.4) is 0 Å². The average molecular weight is 638 g/mol. The fourth-order valence-corrected chi connectivity index (χ4v) is 5.46. The van der Waals surface area contributed by atoms with Crippen molar-refractivity contribution in [3.05, 3.63) is 100 Å². The lowest BCUT2D eigenvalue weighted by atomic mass is 10.0. The largest absolute Gasteiger partial charge is 0.416 e. The second-order valence-electron chi connectivity index (χ2n) is 10.8.